The SMILES string of the molecule is C[C@H](Nc1nc2ccccc2s1)C(=O)NNC(=S)NCCC[NH+](C)C. The summed E-state index contributed by atoms with van der Waals surface area (Å²) in [6.07, 6.45) is 1.01. The van der Waals surface area contributed by atoms with Crippen LogP contribution >= 0.6 is 23.6 Å². The summed E-state index contributed by atoms with van der Waals surface area (Å²) in [5.41, 5.74) is 6.25. The Morgan fingerprint density at radius 1 is 1.32 bits per heavy atom. The highest BCUT2D eigenvalue weighted by molar-refractivity contribution is 7.80. The number of carbonyl (C=O) groups excluding carboxylic acids is 1. The minimum absolute atomic E-state index is 0.207. The van der Waals surface area contributed by atoms with Crippen molar-refractivity contribution >= 4 is 49.9 Å². The van der Waals surface area contributed by atoms with Gasteiger partial charge in [-0.05, 0) is 31.3 Å². The lowest BCUT2D eigenvalue weighted by atomic mass is 10.3. The van der Waals surface area contributed by atoms with Gasteiger partial charge in [0.2, 0.25) is 0 Å². The number of hydrogen-bond acceptors (Lipinski definition) is 5. The molecule has 0 aliphatic heterocycles. The van der Waals surface area contributed by atoms with Gasteiger partial charge in [-0.15, -0.1) is 0 Å². The van der Waals surface area contributed by atoms with Crippen molar-refractivity contribution in [2.75, 3.05) is 32.5 Å². The number of carbonyl (C=O) groups is 1. The zero-order valence-electron chi connectivity index (χ0n) is 14.7. The van der Waals surface area contributed by atoms with Crippen LogP contribution in [0.5, 0.6) is 0 Å². The quantitative estimate of drug-likeness (QED) is 0.266. The largest absolute Gasteiger partial charge is 0.361 e. The number of nitrogens with one attached hydrogen (secondary N) is 5. The van der Waals surface area contributed by atoms with Crippen LogP contribution in [0.3, 0.4) is 0 Å². The van der Waals surface area contributed by atoms with Crippen LogP contribution in [-0.4, -0.2) is 49.2 Å². The summed E-state index contributed by atoms with van der Waals surface area (Å²) in [6, 6.07) is 7.43. The number of benzene rings is 1. The molecule has 1 aromatic heterocycles. The van der Waals surface area contributed by atoms with Crippen LogP contribution in [0.2, 0.25) is 0 Å². The van der Waals surface area contributed by atoms with Crippen LogP contribution in [0.15, 0.2) is 24.3 Å². The lowest BCUT2D eigenvalue weighted by molar-refractivity contribution is -0.858. The van der Waals surface area contributed by atoms with E-state index in [1.165, 1.54) is 16.2 Å². The van der Waals surface area contributed by atoms with Gasteiger partial charge in [0.15, 0.2) is 10.2 Å². The Hall–Kier alpha value is -1.97. The Labute approximate surface area is 157 Å². The molecule has 9 heteroatoms. The molecule has 7 nitrogen and oxygen atoms in total. The predicted octanol–water partition coefficient (Wildman–Crippen LogP) is 0.127. The molecule has 1 atom stereocenters. The summed E-state index contributed by atoms with van der Waals surface area (Å²) in [7, 11) is 4.22. The molecule has 0 fully saturated rings. The number of amides is 1. The van der Waals surface area contributed by atoms with Gasteiger partial charge in [-0.1, -0.05) is 23.5 Å². The van der Waals surface area contributed by atoms with Gasteiger partial charge < -0.3 is 15.5 Å². The molecular formula is C16H25N6OS2+. The van der Waals surface area contributed by atoms with Crippen molar-refractivity contribution < 1.29 is 9.69 Å². The van der Waals surface area contributed by atoms with Gasteiger partial charge >= 0.3 is 0 Å². The van der Waals surface area contributed by atoms with Gasteiger partial charge in [0.25, 0.3) is 5.91 Å². The van der Waals surface area contributed by atoms with E-state index in [2.05, 4.69) is 40.6 Å². The number of nitrogens with zero attached hydrogens (tertiary/aromatic N) is 1. The summed E-state index contributed by atoms with van der Waals surface area (Å²) < 4.78 is 1.08. The van der Waals surface area contributed by atoms with E-state index in [9.17, 15) is 4.79 Å². The van der Waals surface area contributed by atoms with Gasteiger partial charge in [0, 0.05) is 13.0 Å². The van der Waals surface area contributed by atoms with Crippen molar-refractivity contribution in [2.24, 2.45) is 0 Å². The Kier molecular flexibility index (Phi) is 7.35. The van der Waals surface area contributed by atoms with Crippen molar-refractivity contribution in [2.45, 2.75) is 19.4 Å². The number of hydrazine groups is 1. The lowest BCUT2D eigenvalue weighted by Crippen LogP contribution is -3.05. The third-order valence-corrected chi connectivity index (χ3v) is 4.68. The Morgan fingerprint density at radius 3 is 2.80 bits per heavy atom. The minimum atomic E-state index is -0.437. The fourth-order valence-corrected chi connectivity index (χ4v) is 3.21. The van der Waals surface area contributed by atoms with Crippen LogP contribution in [0, 0.1) is 0 Å². The molecule has 0 radical (unpaired) electrons. The van der Waals surface area contributed by atoms with Gasteiger partial charge in [0.05, 0.1) is 30.9 Å². The first-order valence-corrected chi connectivity index (χ1v) is 9.43. The molecule has 1 aromatic carbocycles. The fraction of sp³-hybridized carbons (Fsp3) is 0.438. The molecule has 0 unspecified atom stereocenters. The standard InChI is InChI=1S/C16H24N6OS2/c1-11(18-16-19-12-7-4-5-8-13(12)25-16)14(23)20-21-15(24)17-9-6-10-22(2)3/h4-5,7-8,11H,6,9-10H2,1-3H3,(H,18,19)(H,20,23)(H2,17,21,24)/p+1/t11-/m0/s1. The second-order valence-corrected chi connectivity index (χ2v) is 7.47. The van der Waals surface area contributed by atoms with Crippen molar-refractivity contribution in [3.05, 3.63) is 24.3 Å². The molecule has 1 heterocycles. The summed E-state index contributed by atoms with van der Waals surface area (Å²) in [5.74, 6) is -0.207. The number of thiazole rings is 1. The number of fused-ring (bicyclic) bond motifs is 1. The van der Waals surface area contributed by atoms with E-state index in [4.69, 9.17) is 12.2 Å². The highest BCUT2D eigenvalue weighted by atomic mass is 32.1. The molecule has 2 rings (SSSR count). The topological polar surface area (TPSA) is 82.5 Å². The molecule has 0 aliphatic carbocycles. The molecule has 0 spiro atoms. The van der Waals surface area contributed by atoms with Crippen molar-refractivity contribution in [1.29, 1.82) is 0 Å². The molecule has 5 N–H and O–H groups in total. The van der Waals surface area contributed by atoms with Crippen LogP contribution in [0.4, 0.5) is 5.13 Å². The first-order valence-electron chi connectivity index (χ1n) is 8.20. The highest BCUT2D eigenvalue weighted by Crippen LogP contribution is 2.25. The van der Waals surface area contributed by atoms with Crippen molar-refractivity contribution in [1.82, 2.24) is 21.2 Å². The molecule has 2 aromatic rings. The van der Waals surface area contributed by atoms with Crippen molar-refractivity contribution in [3.8, 4) is 0 Å². The van der Waals surface area contributed by atoms with Crippen LogP contribution in [0.25, 0.3) is 10.2 Å². The van der Waals surface area contributed by atoms with E-state index in [0.29, 0.717) is 5.11 Å². The molecular weight excluding hydrogens is 356 g/mol. The average Bonchev–Trinajstić information content (AvgIpc) is 2.98. The Bertz CT molecular complexity index is 684. The van der Waals surface area contributed by atoms with E-state index in [-0.39, 0.29) is 5.91 Å². The number of rotatable bonds is 7. The van der Waals surface area contributed by atoms with Gasteiger partial charge in [-0.2, -0.15) is 0 Å². The molecule has 1 amide bonds. The maximum atomic E-state index is 12.1. The second-order valence-electron chi connectivity index (χ2n) is 6.03. The predicted molar refractivity (Wildman–Crippen MR) is 107 cm³/mol. The molecule has 0 saturated carbocycles. The molecule has 25 heavy (non-hydrogen) atoms. The van der Waals surface area contributed by atoms with E-state index in [0.717, 1.165) is 34.9 Å². The van der Waals surface area contributed by atoms with Crippen LogP contribution in [-0.2, 0) is 4.79 Å². The summed E-state index contributed by atoms with van der Waals surface area (Å²) in [5, 5.41) is 7.30. The van der Waals surface area contributed by atoms with Gasteiger partial charge in [-0.25, -0.2) is 4.98 Å². The van der Waals surface area contributed by atoms with E-state index in [1.54, 1.807) is 6.92 Å². The summed E-state index contributed by atoms with van der Waals surface area (Å²) in [4.78, 5) is 18.0. The smallest absolute Gasteiger partial charge is 0.260 e. The lowest BCUT2D eigenvalue weighted by Gasteiger charge is -2.15. The first kappa shape index (κ1) is 19.4. The third-order valence-electron chi connectivity index (χ3n) is 3.47. The Morgan fingerprint density at radius 2 is 2.08 bits per heavy atom. The monoisotopic (exact) mass is 381 g/mol. The summed E-state index contributed by atoms with van der Waals surface area (Å²) in [6.45, 7) is 3.61. The zero-order chi connectivity index (χ0) is 18.2. The highest BCUT2D eigenvalue weighted by Gasteiger charge is 2.14. The molecule has 0 aliphatic rings. The minimum Gasteiger partial charge on any atom is -0.361 e. The molecule has 0 saturated heterocycles. The van der Waals surface area contributed by atoms with E-state index >= 15 is 0 Å². The first-order chi connectivity index (χ1) is 12.0. The number of para-hydroxylation sites is 1. The number of aromatic nitrogens is 1. The van der Waals surface area contributed by atoms with Gasteiger partial charge in [-0.3, -0.25) is 15.6 Å². The second kappa shape index (κ2) is 9.50. The maximum Gasteiger partial charge on any atom is 0.260 e. The number of anilines is 1. The number of quaternary nitrogens is 1. The Balaban J connectivity index is 1.71. The molecule has 136 valence electrons. The van der Waals surface area contributed by atoms with Gasteiger partial charge in [0.1, 0.15) is 6.04 Å². The zero-order valence-corrected chi connectivity index (χ0v) is 16.3. The maximum absolute atomic E-state index is 12.1. The summed E-state index contributed by atoms with van der Waals surface area (Å²) >= 11 is 6.66. The van der Waals surface area contributed by atoms with E-state index < -0.39 is 6.04 Å². The average molecular weight is 382 g/mol. The number of hydrogen-bond donors (Lipinski definition) is 5. The van der Waals surface area contributed by atoms with E-state index in [1.807, 2.05) is 24.3 Å². The fourth-order valence-electron chi connectivity index (χ4n) is 2.10. The van der Waals surface area contributed by atoms with Crippen molar-refractivity contribution in [3.63, 3.8) is 0 Å². The van der Waals surface area contributed by atoms with Crippen LogP contribution < -0.4 is 26.4 Å². The van der Waals surface area contributed by atoms with Crippen LogP contribution in [0.1, 0.15) is 13.3 Å². The normalized spacial score (nSPS) is 12.0. The number of thiocarbonyl (C=S) groups is 1. The third kappa shape index (κ3) is 6.45. The molecule has 0 bridgehead atoms.